The number of hydrogen-bond acceptors (Lipinski definition) is 3. The smallest absolute Gasteiger partial charge is 0.0415 e. The van der Waals surface area contributed by atoms with Crippen molar-refractivity contribution in [2.45, 2.75) is 38.3 Å². The first-order valence-electron chi connectivity index (χ1n) is 8.22. The molecule has 20 heavy (non-hydrogen) atoms. The molecule has 0 amide bonds. The van der Waals surface area contributed by atoms with Gasteiger partial charge >= 0.3 is 0 Å². The third-order valence-corrected chi connectivity index (χ3v) is 5.27. The van der Waals surface area contributed by atoms with E-state index in [4.69, 9.17) is 0 Å². The van der Waals surface area contributed by atoms with Crippen LogP contribution in [0.2, 0.25) is 0 Å². The van der Waals surface area contributed by atoms with E-state index in [9.17, 15) is 0 Å². The first-order chi connectivity index (χ1) is 9.92. The van der Waals surface area contributed by atoms with Gasteiger partial charge in [-0.2, -0.15) is 0 Å². The minimum absolute atomic E-state index is 0.796. The molecular weight excluding hydrogens is 246 g/mol. The summed E-state index contributed by atoms with van der Waals surface area (Å²) in [5, 5.41) is 3.55. The van der Waals surface area contributed by atoms with Gasteiger partial charge in [0.1, 0.15) is 0 Å². The average Bonchev–Trinajstić information content (AvgIpc) is 2.84. The maximum Gasteiger partial charge on any atom is 0.0415 e. The molecular formula is C17H25N3. The maximum atomic E-state index is 3.55. The zero-order valence-corrected chi connectivity index (χ0v) is 12.3. The molecule has 2 fully saturated rings. The van der Waals surface area contributed by atoms with Crippen LogP contribution in [0.5, 0.6) is 0 Å². The van der Waals surface area contributed by atoms with Crippen LogP contribution in [-0.4, -0.2) is 43.7 Å². The lowest BCUT2D eigenvalue weighted by atomic mass is 9.98. The molecule has 1 N–H and O–H groups in total. The number of hydrogen-bond donors (Lipinski definition) is 1. The second kappa shape index (κ2) is 5.38. The van der Waals surface area contributed by atoms with Crippen molar-refractivity contribution < 1.29 is 0 Å². The lowest BCUT2D eigenvalue weighted by Crippen LogP contribution is -2.37. The number of rotatable bonds is 1. The van der Waals surface area contributed by atoms with Crippen LogP contribution in [0.4, 0.5) is 5.69 Å². The Bertz CT molecular complexity index is 485. The molecule has 3 heterocycles. The lowest BCUT2D eigenvalue weighted by Gasteiger charge is -2.31. The Hall–Kier alpha value is -1.06. The largest absolute Gasteiger partial charge is 0.370 e. The summed E-state index contributed by atoms with van der Waals surface area (Å²) >= 11 is 0. The van der Waals surface area contributed by atoms with E-state index in [-0.39, 0.29) is 0 Å². The van der Waals surface area contributed by atoms with Crippen molar-refractivity contribution in [1.82, 2.24) is 10.2 Å². The summed E-state index contributed by atoms with van der Waals surface area (Å²) in [6.07, 6.45) is 5.29. The van der Waals surface area contributed by atoms with Crippen molar-refractivity contribution in [2.24, 2.45) is 0 Å². The summed E-state index contributed by atoms with van der Waals surface area (Å²) in [7, 11) is 0. The van der Waals surface area contributed by atoms with Crippen LogP contribution in [-0.2, 0) is 13.0 Å². The Morgan fingerprint density at radius 3 is 3.05 bits per heavy atom. The minimum Gasteiger partial charge on any atom is -0.370 e. The molecule has 3 aliphatic heterocycles. The fourth-order valence-corrected chi connectivity index (χ4v) is 4.22. The highest BCUT2D eigenvalue weighted by atomic mass is 15.3. The van der Waals surface area contributed by atoms with Crippen molar-refractivity contribution in [3.63, 3.8) is 0 Å². The predicted molar refractivity (Wildman–Crippen MR) is 83.3 cm³/mol. The van der Waals surface area contributed by atoms with Crippen LogP contribution >= 0.6 is 0 Å². The quantitative estimate of drug-likeness (QED) is 0.843. The number of fused-ring (bicyclic) bond motifs is 2. The van der Waals surface area contributed by atoms with Crippen molar-refractivity contribution in [1.29, 1.82) is 0 Å². The van der Waals surface area contributed by atoms with E-state index in [2.05, 4.69) is 33.3 Å². The summed E-state index contributed by atoms with van der Waals surface area (Å²) in [6, 6.07) is 7.72. The number of nitrogens with zero attached hydrogens (tertiary/aromatic N) is 2. The molecule has 1 unspecified atom stereocenters. The highest BCUT2D eigenvalue weighted by molar-refractivity contribution is 5.58. The number of benzene rings is 1. The molecule has 1 atom stereocenters. The molecule has 0 aromatic heterocycles. The van der Waals surface area contributed by atoms with Gasteiger partial charge in [-0.05, 0) is 56.0 Å². The third-order valence-electron chi connectivity index (χ3n) is 5.27. The van der Waals surface area contributed by atoms with Gasteiger partial charge in [-0.3, -0.25) is 4.90 Å². The van der Waals surface area contributed by atoms with Gasteiger partial charge in [-0.1, -0.05) is 12.1 Å². The van der Waals surface area contributed by atoms with Gasteiger partial charge in [-0.15, -0.1) is 0 Å². The van der Waals surface area contributed by atoms with Gasteiger partial charge in [0, 0.05) is 37.9 Å². The Morgan fingerprint density at radius 1 is 1.10 bits per heavy atom. The van der Waals surface area contributed by atoms with E-state index in [1.54, 1.807) is 11.1 Å². The van der Waals surface area contributed by atoms with Crippen molar-refractivity contribution in [3.05, 3.63) is 29.3 Å². The Labute approximate surface area is 121 Å². The third kappa shape index (κ3) is 2.23. The van der Waals surface area contributed by atoms with Crippen LogP contribution in [0.1, 0.15) is 30.4 Å². The first-order valence-corrected chi connectivity index (χ1v) is 8.22. The van der Waals surface area contributed by atoms with E-state index < -0.39 is 0 Å². The molecule has 1 aromatic carbocycles. The Balaban J connectivity index is 1.63. The minimum atomic E-state index is 0.796. The van der Waals surface area contributed by atoms with Crippen LogP contribution in [0.25, 0.3) is 0 Å². The van der Waals surface area contributed by atoms with Gasteiger partial charge in [0.25, 0.3) is 0 Å². The fourth-order valence-electron chi connectivity index (χ4n) is 4.22. The zero-order valence-electron chi connectivity index (χ0n) is 12.3. The van der Waals surface area contributed by atoms with Crippen molar-refractivity contribution in [3.8, 4) is 0 Å². The monoisotopic (exact) mass is 271 g/mol. The summed E-state index contributed by atoms with van der Waals surface area (Å²) < 4.78 is 0. The average molecular weight is 271 g/mol. The molecule has 0 bridgehead atoms. The fraction of sp³-hybridized carbons (Fsp3) is 0.647. The van der Waals surface area contributed by atoms with Gasteiger partial charge in [0.05, 0.1) is 0 Å². The van der Waals surface area contributed by atoms with E-state index in [1.807, 2.05) is 0 Å². The maximum absolute atomic E-state index is 3.55. The molecule has 4 rings (SSSR count). The molecule has 0 spiro atoms. The van der Waals surface area contributed by atoms with Crippen molar-refractivity contribution >= 4 is 5.69 Å². The molecule has 3 nitrogen and oxygen atoms in total. The Morgan fingerprint density at radius 2 is 2.05 bits per heavy atom. The predicted octanol–water partition coefficient (Wildman–Crippen LogP) is 2.01. The summed E-state index contributed by atoms with van der Waals surface area (Å²) in [5.74, 6) is 0. The first kappa shape index (κ1) is 12.7. The van der Waals surface area contributed by atoms with Gasteiger partial charge in [0.2, 0.25) is 0 Å². The molecule has 0 saturated carbocycles. The van der Waals surface area contributed by atoms with Gasteiger partial charge in [0.15, 0.2) is 0 Å². The second-order valence-electron chi connectivity index (χ2n) is 6.47. The van der Waals surface area contributed by atoms with E-state index in [0.29, 0.717) is 0 Å². The molecule has 2 saturated heterocycles. The lowest BCUT2D eigenvalue weighted by molar-refractivity contribution is 0.273. The number of anilines is 1. The standard InChI is InChI=1S/C17H25N3/c1-4-14-7-8-18-12-16(14)17(6-1)20-11-3-10-19-9-2-5-15(19)13-20/h1,4,6,15,18H,2-3,5,7-13H2. The van der Waals surface area contributed by atoms with Crippen LogP contribution in [0.15, 0.2) is 18.2 Å². The normalized spacial score (nSPS) is 27.0. The molecule has 0 radical (unpaired) electrons. The SMILES string of the molecule is c1cc2c(c(N3CCCN4CCCC4C3)c1)CNCC2. The summed E-state index contributed by atoms with van der Waals surface area (Å²) in [4.78, 5) is 5.38. The van der Waals surface area contributed by atoms with E-state index >= 15 is 0 Å². The zero-order chi connectivity index (χ0) is 13.4. The van der Waals surface area contributed by atoms with Gasteiger partial charge in [-0.25, -0.2) is 0 Å². The topological polar surface area (TPSA) is 18.5 Å². The molecule has 108 valence electrons. The Kier molecular flexibility index (Phi) is 3.41. The highest BCUT2D eigenvalue weighted by Gasteiger charge is 2.29. The van der Waals surface area contributed by atoms with Crippen molar-refractivity contribution in [2.75, 3.05) is 37.6 Å². The second-order valence-corrected chi connectivity index (χ2v) is 6.47. The molecule has 0 aliphatic carbocycles. The molecule has 3 heteroatoms. The summed E-state index contributed by atoms with van der Waals surface area (Å²) in [6.45, 7) is 7.27. The van der Waals surface area contributed by atoms with Crippen LogP contribution in [0.3, 0.4) is 0 Å². The van der Waals surface area contributed by atoms with Gasteiger partial charge < -0.3 is 10.2 Å². The summed E-state index contributed by atoms with van der Waals surface area (Å²) in [5.41, 5.74) is 4.63. The highest BCUT2D eigenvalue weighted by Crippen LogP contribution is 2.30. The van der Waals surface area contributed by atoms with E-state index in [0.717, 1.165) is 19.1 Å². The molecule has 3 aliphatic rings. The molecule has 1 aromatic rings. The number of nitrogens with one attached hydrogen (secondary N) is 1. The van der Waals surface area contributed by atoms with Crippen LogP contribution < -0.4 is 10.2 Å². The van der Waals surface area contributed by atoms with E-state index in [1.165, 1.54) is 57.5 Å². The van der Waals surface area contributed by atoms with Crippen LogP contribution in [0, 0.1) is 0 Å².